The van der Waals surface area contributed by atoms with Crippen molar-refractivity contribution in [3.05, 3.63) is 51.7 Å². The van der Waals surface area contributed by atoms with Gasteiger partial charge in [-0.05, 0) is 18.6 Å². The van der Waals surface area contributed by atoms with Crippen LogP contribution in [0.4, 0.5) is 5.95 Å². The lowest BCUT2D eigenvalue weighted by Gasteiger charge is -2.27. The van der Waals surface area contributed by atoms with Crippen LogP contribution >= 0.6 is 0 Å². The summed E-state index contributed by atoms with van der Waals surface area (Å²) in [4.78, 5) is 29.1. The smallest absolute Gasteiger partial charge is 0.255 e. The van der Waals surface area contributed by atoms with Gasteiger partial charge in [0.1, 0.15) is 0 Å². The number of hydrogen-bond acceptors (Lipinski definition) is 6. The van der Waals surface area contributed by atoms with Crippen molar-refractivity contribution in [2.24, 2.45) is 0 Å². The average Bonchev–Trinajstić information content (AvgIpc) is 2.86. The first-order chi connectivity index (χ1) is 12.3. The summed E-state index contributed by atoms with van der Waals surface area (Å²) in [7, 11) is 0. The van der Waals surface area contributed by atoms with Crippen LogP contribution in [0.2, 0.25) is 0 Å². The summed E-state index contributed by atoms with van der Waals surface area (Å²) in [6, 6.07) is 5.98. The van der Waals surface area contributed by atoms with E-state index in [1.165, 1.54) is 0 Å². The zero-order valence-corrected chi connectivity index (χ0v) is 14.3. The number of H-pyrrole nitrogens is 1. The number of nitrogens with zero attached hydrogens (tertiary/aromatic N) is 4. The molecule has 0 atom stereocenters. The second-order valence-electron chi connectivity index (χ2n) is 6.51. The van der Waals surface area contributed by atoms with Crippen LogP contribution in [0.1, 0.15) is 17.0 Å². The maximum absolute atomic E-state index is 12.6. The van der Waals surface area contributed by atoms with Crippen LogP contribution in [0, 0.1) is 0 Å². The SMILES string of the molecule is O=c1[nH]c(N2CCOCC2)nc2c1CCN(Cc1ccccn1)CC2. The molecular formula is C18H23N5O2. The largest absolute Gasteiger partial charge is 0.378 e. The first-order valence-corrected chi connectivity index (χ1v) is 8.86. The molecule has 1 N–H and O–H groups in total. The van der Waals surface area contributed by atoms with Crippen LogP contribution in [0.3, 0.4) is 0 Å². The lowest BCUT2D eigenvalue weighted by Crippen LogP contribution is -2.38. The number of aromatic amines is 1. The molecule has 2 aromatic heterocycles. The molecule has 0 unspecified atom stereocenters. The van der Waals surface area contributed by atoms with E-state index < -0.39 is 0 Å². The minimum Gasteiger partial charge on any atom is -0.378 e. The van der Waals surface area contributed by atoms with Gasteiger partial charge in [-0.3, -0.25) is 19.7 Å². The highest BCUT2D eigenvalue weighted by Gasteiger charge is 2.21. The van der Waals surface area contributed by atoms with Crippen molar-refractivity contribution in [2.45, 2.75) is 19.4 Å². The van der Waals surface area contributed by atoms with Crippen LogP contribution < -0.4 is 10.5 Å². The van der Waals surface area contributed by atoms with Crippen LogP contribution in [0.5, 0.6) is 0 Å². The molecule has 2 aromatic rings. The quantitative estimate of drug-likeness (QED) is 0.881. The van der Waals surface area contributed by atoms with E-state index in [0.717, 1.165) is 62.5 Å². The topological polar surface area (TPSA) is 74.3 Å². The molecule has 4 heterocycles. The molecule has 0 bridgehead atoms. The molecule has 7 heteroatoms. The molecule has 132 valence electrons. The Hall–Kier alpha value is -2.25. The molecule has 4 rings (SSSR count). The number of aromatic nitrogens is 3. The zero-order chi connectivity index (χ0) is 17.1. The fraction of sp³-hybridized carbons (Fsp3) is 0.500. The first-order valence-electron chi connectivity index (χ1n) is 8.86. The number of pyridine rings is 1. The predicted octanol–water partition coefficient (Wildman–Crippen LogP) is 0.602. The van der Waals surface area contributed by atoms with E-state index >= 15 is 0 Å². The van der Waals surface area contributed by atoms with Gasteiger partial charge >= 0.3 is 0 Å². The Labute approximate surface area is 146 Å². The molecule has 25 heavy (non-hydrogen) atoms. The van der Waals surface area contributed by atoms with Gasteiger partial charge in [0.05, 0.1) is 24.6 Å². The summed E-state index contributed by atoms with van der Waals surface area (Å²) in [6.07, 6.45) is 3.35. The van der Waals surface area contributed by atoms with E-state index in [4.69, 9.17) is 9.72 Å². The highest BCUT2D eigenvalue weighted by molar-refractivity contribution is 5.34. The first kappa shape index (κ1) is 16.2. The fourth-order valence-electron chi connectivity index (χ4n) is 3.45. The van der Waals surface area contributed by atoms with Crippen molar-refractivity contribution >= 4 is 5.95 Å². The van der Waals surface area contributed by atoms with Gasteiger partial charge in [-0.2, -0.15) is 0 Å². The minimum absolute atomic E-state index is 0.00572. The molecule has 0 amide bonds. The van der Waals surface area contributed by atoms with Gasteiger partial charge in [0.2, 0.25) is 5.95 Å². The molecule has 1 fully saturated rings. The van der Waals surface area contributed by atoms with Crippen molar-refractivity contribution in [3.63, 3.8) is 0 Å². The van der Waals surface area contributed by atoms with Crippen LogP contribution in [-0.2, 0) is 24.1 Å². The van der Waals surface area contributed by atoms with Gasteiger partial charge in [-0.25, -0.2) is 4.98 Å². The number of anilines is 1. The van der Waals surface area contributed by atoms with E-state index in [0.29, 0.717) is 19.2 Å². The number of nitrogens with one attached hydrogen (secondary N) is 1. The van der Waals surface area contributed by atoms with Crippen molar-refractivity contribution in [1.29, 1.82) is 0 Å². The maximum atomic E-state index is 12.6. The van der Waals surface area contributed by atoms with Crippen LogP contribution in [0.25, 0.3) is 0 Å². The molecule has 0 aromatic carbocycles. The van der Waals surface area contributed by atoms with Crippen LogP contribution in [-0.4, -0.2) is 59.2 Å². The van der Waals surface area contributed by atoms with Gasteiger partial charge in [0, 0.05) is 50.9 Å². The van der Waals surface area contributed by atoms with Crippen molar-refractivity contribution in [2.75, 3.05) is 44.3 Å². The molecule has 0 spiro atoms. The second kappa shape index (κ2) is 7.33. The predicted molar refractivity (Wildman–Crippen MR) is 94.8 cm³/mol. The van der Waals surface area contributed by atoms with Gasteiger partial charge in [0.15, 0.2) is 0 Å². The highest BCUT2D eigenvalue weighted by atomic mass is 16.5. The van der Waals surface area contributed by atoms with Gasteiger partial charge < -0.3 is 9.64 Å². The molecule has 2 aliphatic rings. The Morgan fingerprint density at radius 2 is 1.96 bits per heavy atom. The zero-order valence-electron chi connectivity index (χ0n) is 14.3. The third-order valence-corrected chi connectivity index (χ3v) is 4.85. The van der Waals surface area contributed by atoms with Gasteiger partial charge in [-0.15, -0.1) is 0 Å². The van der Waals surface area contributed by atoms with Crippen LogP contribution in [0.15, 0.2) is 29.2 Å². The van der Waals surface area contributed by atoms with E-state index in [1.807, 2.05) is 24.4 Å². The normalized spacial score (nSPS) is 18.6. The maximum Gasteiger partial charge on any atom is 0.255 e. The molecular weight excluding hydrogens is 318 g/mol. The third kappa shape index (κ3) is 3.72. The average molecular weight is 341 g/mol. The van der Waals surface area contributed by atoms with E-state index in [9.17, 15) is 4.79 Å². The minimum atomic E-state index is 0.00572. The standard InChI is InChI=1S/C18H23N5O2/c24-17-15-4-7-22(13-14-3-1-2-6-19-14)8-5-16(15)20-18(21-17)23-9-11-25-12-10-23/h1-3,6H,4-5,7-13H2,(H,20,21,24). The number of morpholine rings is 1. The Morgan fingerprint density at radius 3 is 2.76 bits per heavy atom. The van der Waals surface area contributed by atoms with E-state index in [2.05, 4.69) is 19.8 Å². The summed E-state index contributed by atoms with van der Waals surface area (Å²) >= 11 is 0. The van der Waals surface area contributed by atoms with Crippen molar-refractivity contribution < 1.29 is 4.74 Å². The summed E-state index contributed by atoms with van der Waals surface area (Å²) in [5.74, 6) is 0.685. The Morgan fingerprint density at radius 1 is 1.12 bits per heavy atom. The van der Waals surface area contributed by atoms with Gasteiger partial charge in [-0.1, -0.05) is 6.07 Å². The third-order valence-electron chi connectivity index (χ3n) is 4.85. The summed E-state index contributed by atoms with van der Waals surface area (Å²) < 4.78 is 5.38. The van der Waals surface area contributed by atoms with E-state index in [1.54, 1.807) is 0 Å². The monoisotopic (exact) mass is 341 g/mol. The number of fused-ring (bicyclic) bond motifs is 1. The molecule has 0 radical (unpaired) electrons. The van der Waals surface area contributed by atoms with Crippen molar-refractivity contribution in [1.82, 2.24) is 19.9 Å². The molecule has 7 nitrogen and oxygen atoms in total. The number of hydrogen-bond donors (Lipinski definition) is 1. The molecule has 1 saturated heterocycles. The summed E-state index contributed by atoms with van der Waals surface area (Å²) in [6.45, 7) is 5.45. The summed E-state index contributed by atoms with van der Waals surface area (Å²) in [5.41, 5.74) is 2.84. The Kier molecular flexibility index (Phi) is 4.76. The molecule has 2 aliphatic heterocycles. The lowest BCUT2D eigenvalue weighted by atomic mass is 10.1. The Balaban J connectivity index is 1.51. The fourth-order valence-corrected chi connectivity index (χ4v) is 3.45. The second-order valence-corrected chi connectivity index (χ2v) is 6.51. The lowest BCUT2D eigenvalue weighted by molar-refractivity contribution is 0.122. The van der Waals surface area contributed by atoms with Crippen molar-refractivity contribution in [3.8, 4) is 0 Å². The Bertz CT molecular complexity index is 771. The van der Waals surface area contributed by atoms with Gasteiger partial charge in [0.25, 0.3) is 5.56 Å². The highest BCUT2D eigenvalue weighted by Crippen LogP contribution is 2.16. The molecule has 0 aliphatic carbocycles. The summed E-state index contributed by atoms with van der Waals surface area (Å²) in [5, 5.41) is 0. The van der Waals surface area contributed by atoms with E-state index in [-0.39, 0.29) is 5.56 Å². The number of ether oxygens (including phenoxy) is 1. The molecule has 0 saturated carbocycles. The number of rotatable bonds is 3.